The van der Waals surface area contributed by atoms with E-state index < -0.39 is 30.1 Å². The predicted molar refractivity (Wildman–Crippen MR) is 222 cm³/mol. The SMILES string of the molecule is CC[C@H](C)[C@@H]([C@@H](CC(=O)N1CCC[C@H]1[C@H](OC)[C@@H](C)C(=S)NCCc1ccccc1)OC)N(C)C(=O)[C@@H](NC(=O)[C@H](C(C)C)N(C)C(=O)CCOC)C(C)C. The fraction of sp³-hybridized carbons (Fsp3) is 0.738. The lowest BCUT2D eigenvalue weighted by atomic mass is 9.89. The van der Waals surface area contributed by atoms with Crippen molar-refractivity contribution in [2.24, 2.45) is 23.7 Å². The summed E-state index contributed by atoms with van der Waals surface area (Å²) in [6.07, 6.45) is 2.56. The molecule has 0 bridgehead atoms. The summed E-state index contributed by atoms with van der Waals surface area (Å²) < 4.78 is 17.2. The van der Waals surface area contributed by atoms with E-state index >= 15 is 0 Å². The fourth-order valence-corrected chi connectivity index (χ4v) is 8.10. The minimum atomic E-state index is -0.863. The highest BCUT2D eigenvalue weighted by Gasteiger charge is 2.43. The second-order valence-corrected chi connectivity index (χ2v) is 16.2. The van der Waals surface area contributed by atoms with Crippen LogP contribution in [0.25, 0.3) is 0 Å². The van der Waals surface area contributed by atoms with E-state index in [2.05, 4.69) is 36.6 Å². The molecule has 1 aliphatic heterocycles. The van der Waals surface area contributed by atoms with E-state index in [1.807, 2.05) is 57.7 Å². The highest BCUT2D eigenvalue weighted by atomic mass is 32.1. The zero-order valence-corrected chi connectivity index (χ0v) is 36.4. The van der Waals surface area contributed by atoms with Crippen LogP contribution in [-0.4, -0.2) is 135 Å². The summed E-state index contributed by atoms with van der Waals surface area (Å²) in [5.41, 5.74) is 1.23. The van der Waals surface area contributed by atoms with Gasteiger partial charge in [0, 0.05) is 54.4 Å². The van der Waals surface area contributed by atoms with E-state index in [-0.39, 0.29) is 73.0 Å². The van der Waals surface area contributed by atoms with Crippen LogP contribution in [0.3, 0.4) is 0 Å². The van der Waals surface area contributed by atoms with Crippen LogP contribution in [0.1, 0.15) is 86.1 Å². The third kappa shape index (κ3) is 13.5. The molecule has 2 N–H and O–H groups in total. The maximum atomic E-state index is 14.4. The number of rotatable bonds is 23. The molecule has 0 saturated carbocycles. The van der Waals surface area contributed by atoms with Crippen LogP contribution in [0.15, 0.2) is 30.3 Å². The van der Waals surface area contributed by atoms with Crippen molar-refractivity contribution in [1.82, 2.24) is 25.3 Å². The Hall–Kier alpha value is -3.13. The van der Waals surface area contributed by atoms with Gasteiger partial charge in [-0.1, -0.05) is 97.4 Å². The summed E-state index contributed by atoms with van der Waals surface area (Å²) in [7, 11) is 8.12. The summed E-state index contributed by atoms with van der Waals surface area (Å²) in [4.78, 5) is 61.0. The average Bonchev–Trinajstić information content (AvgIpc) is 3.65. The first-order chi connectivity index (χ1) is 26.0. The first-order valence-electron chi connectivity index (χ1n) is 20.0. The Balaban J connectivity index is 2.24. The molecule has 0 radical (unpaired) electrons. The summed E-state index contributed by atoms with van der Waals surface area (Å²) in [5, 5.41) is 6.40. The van der Waals surface area contributed by atoms with Crippen LogP contribution in [0, 0.1) is 23.7 Å². The van der Waals surface area contributed by atoms with Crippen molar-refractivity contribution in [1.29, 1.82) is 0 Å². The lowest BCUT2D eigenvalue weighted by Gasteiger charge is -2.41. The van der Waals surface area contributed by atoms with Crippen LogP contribution >= 0.6 is 12.2 Å². The Morgan fingerprint density at radius 1 is 0.945 bits per heavy atom. The van der Waals surface area contributed by atoms with Crippen LogP contribution < -0.4 is 10.6 Å². The molecule has 1 aromatic carbocycles. The predicted octanol–water partition coefficient (Wildman–Crippen LogP) is 4.73. The molecule has 1 aromatic rings. The molecule has 13 heteroatoms. The molecule has 2 rings (SSSR count). The molecule has 8 atom stereocenters. The molecule has 0 unspecified atom stereocenters. The number of nitrogens with one attached hydrogen (secondary N) is 2. The van der Waals surface area contributed by atoms with Crippen molar-refractivity contribution in [3.8, 4) is 0 Å². The van der Waals surface area contributed by atoms with Gasteiger partial charge in [0.1, 0.15) is 12.1 Å². The second-order valence-electron chi connectivity index (χ2n) is 15.8. The fourth-order valence-electron chi connectivity index (χ4n) is 7.86. The normalized spacial score (nSPS) is 18.2. The summed E-state index contributed by atoms with van der Waals surface area (Å²) in [6, 6.07) is 8.01. The van der Waals surface area contributed by atoms with Crippen molar-refractivity contribution in [2.75, 3.05) is 55.1 Å². The van der Waals surface area contributed by atoms with Gasteiger partial charge in [0.25, 0.3) is 0 Å². The van der Waals surface area contributed by atoms with Crippen molar-refractivity contribution in [3.63, 3.8) is 0 Å². The van der Waals surface area contributed by atoms with E-state index in [9.17, 15) is 19.2 Å². The zero-order valence-electron chi connectivity index (χ0n) is 35.6. The highest BCUT2D eigenvalue weighted by Crippen LogP contribution is 2.30. The standard InChI is InChI=1S/C42H71N5O7S/c1-13-29(6)38(46(9)42(51)36(27(2)3)44-40(50)37(28(4)5)45(8)34(48)22-25-52-10)33(53-11)26-35(49)47-24-17-20-32(47)39(54-12)30(7)41(55)43-23-21-31-18-15-14-16-19-31/h14-16,18-19,27-30,32-33,36-39H,13,17,20-26H2,1-12H3,(H,43,55)(H,44,50)/t29-,30+,32-,33+,36-,37-,38-,39+/m0/s1. The molecule has 1 saturated heterocycles. The third-order valence-corrected chi connectivity index (χ3v) is 11.8. The van der Waals surface area contributed by atoms with Gasteiger partial charge in [-0.2, -0.15) is 0 Å². The van der Waals surface area contributed by atoms with Crippen LogP contribution in [0.4, 0.5) is 0 Å². The Kier molecular flexibility index (Phi) is 20.8. The molecule has 0 aliphatic carbocycles. The van der Waals surface area contributed by atoms with Crippen molar-refractivity contribution in [2.45, 2.75) is 123 Å². The first-order valence-corrected chi connectivity index (χ1v) is 20.4. The van der Waals surface area contributed by atoms with E-state index in [0.717, 1.165) is 25.7 Å². The molecule has 12 nitrogen and oxygen atoms in total. The maximum absolute atomic E-state index is 14.4. The first kappa shape index (κ1) is 48.0. The van der Waals surface area contributed by atoms with Gasteiger partial charge in [-0.15, -0.1) is 0 Å². The summed E-state index contributed by atoms with van der Waals surface area (Å²) >= 11 is 5.82. The molecular weight excluding hydrogens is 719 g/mol. The number of ether oxygens (including phenoxy) is 3. The number of amides is 4. The topological polar surface area (TPSA) is 130 Å². The van der Waals surface area contributed by atoms with Gasteiger partial charge in [-0.25, -0.2) is 0 Å². The Morgan fingerprint density at radius 3 is 2.15 bits per heavy atom. The number of hydrogen-bond donors (Lipinski definition) is 2. The van der Waals surface area contributed by atoms with E-state index in [1.165, 1.54) is 17.6 Å². The van der Waals surface area contributed by atoms with Crippen LogP contribution in [-0.2, 0) is 39.8 Å². The van der Waals surface area contributed by atoms with Gasteiger partial charge in [-0.05, 0) is 42.6 Å². The Labute approximate surface area is 336 Å². The summed E-state index contributed by atoms with van der Waals surface area (Å²) in [5.74, 6) is -1.54. The number of carbonyl (C=O) groups is 4. The quantitative estimate of drug-likeness (QED) is 0.151. The second kappa shape index (κ2) is 23.8. The monoisotopic (exact) mass is 790 g/mol. The molecular formula is C42H71N5O7S. The van der Waals surface area contributed by atoms with Gasteiger partial charge in [-0.3, -0.25) is 19.2 Å². The number of nitrogens with zero attached hydrogens (tertiary/aromatic N) is 3. The lowest BCUT2D eigenvalue weighted by molar-refractivity contribution is -0.148. The van der Waals surface area contributed by atoms with E-state index in [0.29, 0.717) is 18.1 Å². The zero-order chi connectivity index (χ0) is 41.4. The van der Waals surface area contributed by atoms with Gasteiger partial charge >= 0.3 is 0 Å². The molecule has 1 aliphatic rings. The molecule has 312 valence electrons. The molecule has 0 spiro atoms. The molecule has 4 amide bonds. The Morgan fingerprint density at radius 2 is 1.60 bits per heavy atom. The number of carbonyl (C=O) groups excluding carboxylic acids is 4. The number of hydrogen-bond acceptors (Lipinski definition) is 8. The number of likely N-dealkylation sites (N-methyl/N-ethyl adjacent to an activating group) is 2. The smallest absolute Gasteiger partial charge is 0.245 e. The summed E-state index contributed by atoms with van der Waals surface area (Å²) in [6.45, 7) is 15.2. The number of benzene rings is 1. The molecule has 1 heterocycles. The van der Waals surface area contributed by atoms with Crippen LogP contribution in [0.5, 0.6) is 0 Å². The van der Waals surface area contributed by atoms with E-state index in [4.69, 9.17) is 26.4 Å². The van der Waals surface area contributed by atoms with Crippen molar-refractivity contribution >= 4 is 40.8 Å². The van der Waals surface area contributed by atoms with Gasteiger partial charge < -0.3 is 39.5 Å². The molecule has 1 fully saturated rings. The van der Waals surface area contributed by atoms with Gasteiger partial charge in [0.15, 0.2) is 0 Å². The average molecular weight is 790 g/mol. The third-order valence-electron chi connectivity index (χ3n) is 11.3. The molecule has 0 aromatic heterocycles. The number of methoxy groups -OCH3 is 3. The highest BCUT2D eigenvalue weighted by molar-refractivity contribution is 7.80. The Bertz CT molecular complexity index is 1360. The number of likely N-dealkylation sites (tertiary alicyclic amines) is 1. The maximum Gasteiger partial charge on any atom is 0.245 e. The van der Waals surface area contributed by atoms with Gasteiger partial charge in [0.2, 0.25) is 23.6 Å². The lowest BCUT2D eigenvalue weighted by Crippen LogP contribution is -2.60. The minimum Gasteiger partial charge on any atom is -0.384 e. The number of thiocarbonyl (C=S) groups is 1. The van der Waals surface area contributed by atoms with E-state index in [1.54, 1.807) is 33.2 Å². The largest absolute Gasteiger partial charge is 0.384 e. The van der Waals surface area contributed by atoms with Gasteiger partial charge in [0.05, 0.1) is 48.7 Å². The minimum absolute atomic E-state index is 0.0244. The van der Waals surface area contributed by atoms with Crippen molar-refractivity contribution in [3.05, 3.63) is 35.9 Å². The van der Waals surface area contributed by atoms with Crippen LogP contribution in [0.2, 0.25) is 0 Å². The van der Waals surface area contributed by atoms with Crippen molar-refractivity contribution < 1.29 is 33.4 Å². The molecule has 55 heavy (non-hydrogen) atoms.